The van der Waals surface area contributed by atoms with E-state index in [9.17, 15) is 13.2 Å². The number of hydrogen-bond acceptors (Lipinski definition) is 6. The van der Waals surface area contributed by atoms with E-state index in [1.54, 1.807) is 17.0 Å². The van der Waals surface area contributed by atoms with E-state index in [0.29, 0.717) is 32.0 Å². The van der Waals surface area contributed by atoms with Gasteiger partial charge in [-0.3, -0.25) is 4.90 Å². The number of carbonyl (C=O) groups excluding carboxylic acids is 1. The Labute approximate surface area is 149 Å². The molecular weight excluding hydrogens is 344 g/mol. The van der Waals surface area contributed by atoms with Crippen molar-refractivity contribution in [2.75, 3.05) is 32.5 Å². The van der Waals surface area contributed by atoms with Crippen LogP contribution in [0.5, 0.6) is 5.75 Å². The van der Waals surface area contributed by atoms with Gasteiger partial charge in [0.1, 0.15) is 18.0 Å². The summed E-state index contributed by atoms with van der Waals surface area (Å²) in [4.78, 5) is 14.3. The van der Waals surface area contributed by atoms with Gasteiger partial charge in [0.25, 0.3) is 0 Å². The second-order valence-electron chi connectivity index (χ2n) is 7.09. The largest absolute Gasteiger partial charge is 0.491 e. The SMILES string of the molecule is CC(C)(C)OC(=O)N1CCNCC1COc1ccc(S(C)(=O)=O)cc1. The van der Waals surface area contributed by atoms with Crippen molar-refractivity contribution in [2.45, 2.75) is 37.3 Å². The number of carbonyl (C=O) groups is 1. The molecule has 1 unspecified atom stereocenters. The van der Waals surface area contributed by atoms with E-state index < -0.39 is 15.4 Å². The van der Waals surface area contributed by atoms with Crippen molar-refractivity contribution in [2.24, 2.45) is 0 Å². The van der Waals surface area contributed by atoms with E-state index >= 15 is 0 Å². The molecule has 0 aromatic heterocycles. The predicted molar refractivity (Wildman–Crippen MR) is 94.6 cm³/mol. The fourth-order valence-corrected chi connectivity index (χ4v) is 3.08. The topological polar surface area (TPSA) is 84.9 Å². The highest BCUT2D eigenvalue weighted by atomic mass is 32.2. The van der Waals surface area contributed by atoms with Crippen molar-refractivity contribution < 1.29 is 22.7 Å². The second-order valence-corrected chi connectivity index (χ2v) is 9.10. The molecule has 0 spiro atoms. The fraction of sp³-hybridized carbons (Fsp3) is 0.588. The minimum atomic E-state index is -3.23. The summed E-state index contributed by atoms with van der Waals surface area (Å²) in [5, 5.41) is 3.24. The van der Waals surface area contributed by atoms with Gasteiger partial charge in [0, 0.05) is 25.9 Å². The molecule has 2 rings (SSSR count). The minimum absolute atomic E-state index is 0.154. The molecule has 1 aliphatic rings. The Morgan fingerprint density at radius 3 is 2.48 bits per heavy atom. The Bertz CT molecular complexity index is 695. The number of amides is 1. The van der Waals surface area contributed by atoms with Crippen LogP contribution in [0, 0.1) is 0 Å². The molecule has 0 aliphatic carbocycles. The zero-order valence-corrected chi connectivity index (χ0v) is 15.9. The highest BCUT2D eigenvalue weighted by Gasteiger charge is 2.30. The van der Waals surface area contributed by atoms with Gasteiger partial charge in [-0.25, -0.2) is 13.2 Å². The first-order valence-corrected chi connectivity index (χ1v) is 10.1. The maximum absolute atomic E-state index is 12.3. The van der Waals surface area contributed by atoms with Crippen LogP contribution in [0.15, 0.2) is 29.2 Å². The van der Waals surface area contributed by atoms with E-state index in [0.717, 1.165) is 6.26 Å². The highest BCUT2D eigenvalue weighted by molar-refractivity contribution is 7.90. The maximum atomic E-state index is 12.3. The van der Waals surface area contributed by atoms with E-state index in [2.05, 4.69) is 5.32 Å². The molecule has 1 aromatic rings. The number of hydrogen-bond donors (Lipinski definition) is 1. The van der Waals surface area contributed by atoms with Crippen LogP contribution in [0.2, 0.25) is 0 Å². The lowest BCUT2D eigenvalue weighted by Crippen LogP contribution is -2.56. The third-order valence-corrected chi connectivity index (χ3v) is 4.80. The highest BCUT2D eigenvalue weighted by Crippen LogP contribution is 2.18. The predicted octanol–water partition coefficient (Wildman–Crippen LogP) is 1.68. The van der Waals surface area contributed by atoms with Crippen molar-refractivity contribution in [3.63, 3.8) is 0 Å². The third kappa shape index (κ3) is 5.89. The summed E-state index contributed by atoms with van der Waals surface area (Å²) in [7, 11) is -3.23. The molecule has 1 fully saturated rings. The Morgan fingerprint density at radius 1 is 1.28 bits per heavy atom. The Balaban J connectivity index is 1.98. The van der Waals surface area contributed by atoms with Gasteiger partial charge in [-0.05, 0) is 45.0 Å². The van der Waals surface area contributed by atoms with Crippen molar-refractivity contribution >= 4 is 15.9 Å². The Morgan fingerprint density at radius 2 is 1.92 bits per heavy atom. The quantitative estimate of drug-likeness (QED) is 0.868. The average Bonchev–Trinajstić information content (AvgIpc) is 2.51. The van der Waals surface area contributed by atoms with Crippen molar-refractivity contribution in [1.82, 2.24) is 10.2 Å². The lowest BCUT2D eigenvalue weighted by Gasteiger charge is -2.36. The van der Waals surface area contributed by atoms with Gasteiger partial charge in [-0.1, -0.05) is 0 Å². The summed E-state index contributed by atoms with van der Waals surface area (Å²) in [6.07, 6.45) is 0.810. The lowest BCUT2D eigenvalue weighted by molar-refractivity contribution is 0.00630. The van der Waals surface area contributed by atoms with Crippen LogP contribution in [0.4, 0.5) is 4.79 Å². The molecule has 1 atom stereocenters. The molecule has 1 aliphatic heterocycles. The zero-order chi connectivity index (χ0) is 18.7. The van der Waals surface area contributed by atoms with Crippen LogP contribution < -0.4 is 10.1 Å². The first kappa shape index (κ1) is 19.5. The summed E-state index contributed by atoms with van der Waals surface area (Å²) in [5.74, 6) is 0.558. The smallest absolute Gasteiger partial charge is 0.410 e. The van der Waals surface area contributed by atoms with E-state index in [1.807, 2.05) is 20.8 Å². The summed E-state index contributed by atoms with van der Waals surface area (Å²) in [6.45, 7) is 7.67. The van der Waals surface area contributed by atoms with E-state index in [-0.39, 0.29) is 17.0 Å². The normalized spacial score (nSPS) is 18.7. The number of nitrogens with one attached hydrogen (secondary N) is 1. The molecule has 140 valence electrons. The summed E-state index contributed by atoms with van der Waals surface area (Å²) >= 11 is 0. The van der Waals surface area contributed by atoms with Crippen molar-refractivity contribution in [3.05, 3.63) is 24.3 Å². The lowest BCUT2D eigenvalue weighted by atomic mass is 10.2. The van der Waals surface area contributed by atoms with Gasteiger partial charge in [-0.15, -0.1) is 0 Å². The summed E-state index contributed by atoms with van der Waals surface area (Å²) in [5.41, 5.74) is -0.547. The van der Waals surface area contributed by atoms with Crippen LogP contribution in [-0.4, -0.2) is 63.6 Å². The molecule has 25 heavy (non-hydrogen) atoms. The number of ether oxygens (including phenoxy) is 2. The second kappa shape index (κ2) is 7.61. The molecular formula is C17H26N2O5S. The standard InChI is InChI=1S/C17H26N2O5S/c1-17(2,3)24-16(20)19-10-9-18-11-13(19)12-23-14-5-7-15(8-6-14)25(4,21)22/h5-8,13,18H,9-12H2,1-4H3. The molecule has 1 aromatic carbocycles. The minimum Gasteiger partial charge on any atom is -0.491 e. The maximum Gasteiger partial charge on any atom is 0.410 e. The van der Waals surface area contributed by atoms with Crippen molar-refractivity contribution in [3.8, 4) is 5.75 Å². The summed E-state index contributed by atoms with van der Waals surface area (Å²) in [6, 6.07) is 6.10. The van der Waals surface area contributed by atoms with E-state index in [1.165, 1.54) is 12.1 Å². The fourth-order valence-electron chi connectivity index (χ4n) is 2.45. The van der Waals surface area contributed by atoms with Crippen molar-refractivity contribution in [1.29, 1.82) is 0 Å². The first-order valence-electron chi connectivity index (χ1n) is 8.19. The molecule has 0 radical (unpaired) electrons. The molecule has 8 heteroatoms. The number of piperazine rings is 1. The van der Waals surface area contributed by atoms with Crippen LogP contribution in [0.3, 0.4) is 0 Å². The van der Waals surface area contributed by atoms with Crippen LogP contribution in [0.1, 0.15) is 20.8 Å². The summed E-state index contributed by atoms with van der Waals surface area (Å²) < 4.78 is 34.1. The van der Waals surface area contributed by atoms with Gasteiger partial charge in [0.15, 0.2) is 9.84 Å². The molecule has 0 bridgehead atoms. The monoisotopic (exact) mass is 370 g/mol. The molecule has 1 heterocycles. The number of rotatable bonds is 4. The molecule has 1 N–H and O–H groups in total. The van der Waals surface area contributed by atoms with E-state index in [4.69, 9.17) is 9.47 Å². The van der Waals surface area contributed by atoms with Crippen LogP contribution >= 0.6 is 0 Å². The number of benzene rings is 1. The van der Waals surface area contributed by atoms with Gasteiger partial charge >= 0.3 is 6.09 Å². The zero-order valence-electron chi connectivity index (χ0n) is 15.1. The third-order valence-electron chi connectivity index (χ3n) is 3.67. The van der Waals surface area contributed by atoms with Gasteiger partial charge in [-0.2, -0.15) is 0 Å². The number of sulfone groups is 1. The molecule has 1 saturated heterocycles. The Hall–Kier alpha value is -1.80. The molecule has 1 amide bonds. The molecule has 7 nitrogen and oxygen atoms in total. The Kier molecular flexibility index (Phi) is 5.95. The van der Waals surface area contributed by atoms with Crippen LogP contribution in [-0.2, 0) is 14.6 Å². The number of nitrogens with zero attached hydrogens (tertiary/aromatic N) is 1. The van der Waals surface area contributed by atoms with Crippen LogP contribution in [0.25, 0.3) is 0 Å². The molecule has 0 saturated carbocycles. The average molecular weight is 370 g/mol. The van der Waals surface area contributed by atoms with Gasteiger partial charge < -0.3 is 14.8 Å². The first-order chi connectivity index (χ1) is 11.6. The van der Waals surface area contributed by atoms with Gasteiger partial charge in [0.05, 0.1) is 10.9 Å². The van der Waals surface area contributed by atoms with Gasteiger partial charge in [0.2, 0.25) is 0 Å².